The van der Waals surface area contributed by atoms with Crippen LogP contribution in [0.4, 0.5) is 5.95 Å². The molecule has 5 nitrogen and oxygen atoms in total. The van der Waals surface area contributed by atoms with Crippen LogP contribution in [-0.4, -0.2) is 45.4 Å². The standard InChI is InChI=1S/C21H24N4O/c26-18-10-8-17(9-11-18)16-22-21-23-19-6-2-3-7-20(19)25(21)15-14-24-12-4-1-5-13-24/h2-3,6-11,16,26H,1,4-5,12-15H2/b22-16+. The number of nitrogens with zero attached hydrogens (tertiary/aromatic N) is 4. The van der Waals surface area contributed by atoms with Gasteiger partial charge in [0, 0.05) is 19.3 Å². The number of aromatic nitrogens is 2. The third-order valence-electron chi connectivity index (χ3n) is 4.95. The summed E-state index contributed by atoms with van der Waals surface area (Å²) in [6.07, 6.45) is 5.76. The van der Waals surface area contributed by atoms with Crippen LogP contribution >= 0.6 is 0 Å². The van der Waals surface area contributed by atoms with Crippen LogP contribution in [0.1, 0.15) is 24.8 Å². The minimum atomic E-state index is 0.260. The molecule has 1 fully saturated rings. The van der Waals surface area contributed by atoms with E-state index in [0.717, 1.165) is 35.6 Å². The van der Waals surface area contributed by atoms with Crippen LogP contribution < -0.4 is 0 Å². The predicted octanol–water partition coefficient (Wildman–Crippen LogP) is 3.98. The first-order valence-corrected chi connectivity index (χ1v) is 9.30. The molecule has 5 heteroatoms. The van der Waals surface area contributed by atoms with Gasteiger partial charge in [0.15, 0.2) is 0 Å². The van der Waals surface area contributed by atoms with Crippen molar-refractivity contribution in [3.05, 3.63) is 54.1 Å². The zero-order valence-electron chi connectivity index (χ0n) is 14.9. The number of rotatable bonds is 5. The summed E-state index contributed by atoms with van der Waals surface area (Å²) < 4.78 is 2.21. The molecule has 0 unspecified atom stereocenters. The fourth-order valence-electron chi connectivity index (χ4n) is 3.50. The summed E-state index contributed by atoms with van der Waals surface area (Å²) in [4.78, 5) is 11.9. The maximum atomic E-state index is 9.41. The van der Waals surface area contributed by atoms with Gasteiger partial charge < -0.3 is 14.6 Å². The van der Waals surface area contributed by atoms with Gasteiger partial charge in [-0.15, -0.1) is 0 Å². The molecular weight excluding hydrogens is 324 g/mol. The number of imidazole rings is 1. The minimum Gasteiger partial charge on any atom is -0.508 e. The molecule has 1 saturated heterocycles. The Hall–Kier alpha value is -2.66. The second-order valence-corrected chi connectivity index (χ2v) is 6.80. The van der Waals surface area contributed by atoms with Crippen molar-refractivity contribution in [1.82, 2.24) is 14.5 Å². The molecule has 0 aliphatic carbocycles. The van der Waals surface area contributed by atoms with Gasteiger partial charge in [-0.25, -0.2) is 9.98 Å². The number of fused-ring (bicyclic) bond motifs is 1. The van der Waals surface area contributed by atoms with E-state index in [1.54, 1.807) is 18.3 Å². The summed E-state index contributed by atoms with van der Waals surface area (Å²) in [6.45, 7) is 4.31. The van der Waals surface area contributed by atoms with Gasteiger partial charge >= 0.3 is 0 Å². The molecule has 0 amide bonds. The Balaban J connectivity index is 1.59. The van der Waals surface area contributed by atoms with Crippen LogP contribution in [0.15, 0.2) is 53.5 Å². The first-order chi connectivity index (χ1) is 12.8. The van der Waals surface area contributed by atoms with Crippen LogP contribution in [0.25, 0.3) is 11.0 Å². The Morgan fingerprint density at radius 2 is 1.73 bits per heavy atom. The Morgan fingerprint density at radius 1 is 0.962 bits per heavy atom. The lowest BCUT2D eigenvalue weighted by Gasteiger charge is -2.26. The minimum absolute atomic E-state index is 0.260. The molecule has 0 spiro atoms. The highest BCUT2D eigenvalue weighted by molar-refractivity contribution is 5.83. The topological polar surface area (TPSA) is 53.7 Å². The molecule has 0 radical (unpaired) electrons. The molecule has 0 saturated carbocycles. The summed E-state index contributed by atoms with van der Waals surface area (Å²) in [5.41, 5.74) is 3.05. The number of piperidine rings is 1. The summed E-state index contributed by atoms with van der Waals surface area (Å²) >= 11 is 0. The zero-order valence-corrected chi connectivity index (χ0v) is 14.9. The third-order valence-corrected chi connectivity index (χ3v) is 4.95. The van der Waals surface area contributed by atoms with Gasteiger partial charge in [0.2, 0.25) is 5.95 Å². The highest BCUT2D eigenvalue weighted by atomic mass is 16.3. The normalized spacial score (nSPS) is 15.8. The molecule has 134 valence electrons. The van der Waals surface area contributed by atoms with Crippen molar-refractivity contribution in [2.24, 2.45) is 4.99 Å². The quantitative estimate of drug-likeness (QED) is 0.710. The number of para-hydroxylation sites is 2. The second kappa shape index (κ2) is 7.70. The summed E-state index contributed by atoms with van der Waals surface area (Å²) in [5, 5.41) is 9.41. The lowest BCUT2D eigenvalue weighted by atomic mass is 10.1. The molecule has 0 bridgehead atoms. The number of benzene rings is 2. The monoisotopic (exact) mass is 348 g/mol. The number of aliphatic imine (C=N–C) groups is 1. The molecule has 26 heavy (non-hydrogen) atoms. The average Bonchev–Trinajstić information content (AvgIpc) is 3.04. The van der Waals surface area contributed by atoms with E-state index in [-0.39, 0.29) is 5.75 Å². The Labute approximate surface area is 153 Å². The van der Waals surface area contributed by atoms with Crippen molar-refractivity contribution in [2.75, 3.05) is 19.6 Å². The van der Waals surface area contributed by atoms with Gasteiger partial charge in [0.1, 0.15) is 5.75 Å². The molecule has 4 rings (SSSR count). The number of phenols is 1. The molecule has 0 atom stereocenters. The van der Waals surface area contributed by atoms with Crippen LogP contribution in [0, 0.1) is 0 Å². The van der Waals surface area contributed by atoms with Gasteiger partial charge in [-0.3, -0.25) is 0 Å². The average molecular weight is 348 g/mol. The van der Waals surface area contributed by atoms with Gasteiger partial charge in [-0.1, -0.05) is 18.6 Å². The van der Waals surface area contributed by atoms with E-state index < -0.39 is 0 Å². The van der Waals surface area contributed by atoms with Gasteiger partial charge in [0.05, 0.1) is 11.0 Å². The van der Waals surface area contributed by atoms with Crippen molar-refractivity contribution in [1.29, 1.82) is 0 Å². The molecule has 3 aromatic rings. The largest absolute Gasteiger partial charge is 0.508 e. The lowest BCUT2D eigenvalue weighted by Crippen LogP contribution is -2.32. The van der Waals surface area contributed by atoms with Crippen LogP contribution in [-0.2, 0) is 6.54 Å². The van der Waals surface area contributed by atoms with Crippen LogP contribution in [0.3, 0.4) is 0 Å². The van der Waals surface area contributed by atoms with Crippen LogP contribution in [0.5, 0.6) is 5.75 Å². The molecule has 1 N–H and O–H groups in total. The predicted molar refractivity (Wildman–Crippen MR) is 105 cm³/mol. The molecule has 1 aliphatic rings. The van der Waals surface area contributed by atoms with E-state index in [1.165, 1.54) is 32.4 Å². The highest BCUT2D eigenvalue weighted by Crippen LogP contribution is 2.22. The number of hydrogen-bond donors (Lipinski definition) is 1. The summed E-state index contributed by atoms with van der Waals surface area (Å²) in [6, 6.07) is 15.2. The molecule has 2 heterocycles. The molecular formula is C21H24N4O. The third kappa shape index (κ3) is 3.78. The first kappa shape index (κ1) is 16.8. The van der Waals surface area contributed by atoms with Gasteiger partial charge in [-0.2, -0.15) is 0 Å². The number of phenolic OH excluding ortho intramolecular Hbond substituents is 1. The highest BCUT2D eigenvalue weighted by Gasteiger charge is 2.13. The number of hydrogen-bond acceptors (Lipinski definition) is 4. The lowest BCUT2D eigenvalue weighted by molar-refractivity contribution is 0.222. The maximum absolute atomic E-state index is 9.41. The fourth-order valence-corrected chi connectivity index (χ4v) is 3.50. The van der Waals surface area contributed by atoms with Crippen LogP contribution in [0.2, 0.25) is 0 Å². The van der Waals surface area contributed by atoms with E-state index in [4.69, 9.17) is 4.98 Å². The smallest absolute Gasteiger partial charge is 0.230 e. The number of aromatic hydroxyl groups is 1. The van der Waals surface area contributed by atoms with Gasteiger partial charge in [0.25, 0.3) is 0 Å². The van der Waals surface area contributed by atoms with Crippen molar-refractivity contribution in [3.8, 4) is 5.75 Å². The Kier molecular flexibility index (Phi) is 4.97. The Morgan fingerprint density at radius 3 is 2.54 bits per heavy atom. The van der Waals surface area contributed by atoms with Crippen molar-refractivity contribution < 1.29 is 5.11 Å². The Bertz CT molecular complexity index is 892. The van der Waals surface area contributed by atoms with Crippen molar-refractivity contribution in [3.63, 3.8) is 0 Å². The van der Waals surface area contributed by atoms with E-state index in [0.29, 0.717) is 0 Å². The van der Waals surface area contributed by atoms with E-state index >= 15 is 0 Å². The maximum Gasteiger partial charge on any atom is 0.230 e. The SMILES string of the molecule is Oc1ccc(/C=N/c2nc3ccccc3n2CCN2CCCCC2)cc1. The number of likely N-dealkylation sites (tertiary alicyclic amines) is 1. The summed E-state index contributed by atoms with van der Waals surface area (Å²) in [5.74, 6) is 0.993. The van der Waals surface area contributed by atoms with Gasteiger partial charge in [-0.05, 0) is 67.9 Å². The second-order valence-electron chi connectivity index (χ2n) is 6.80. The van der Waals surface area contributed by atoms with E-state index in [2.05, 4.69) is 26.6 Å². The first-order valence-electron chi connectivity index (χ1n) is 9.30. The van der Waals surface area contributed by atoms with Crippen molar-refractivity contribution >= 4 is 23.2 Å². The van der Waals surface area contributed by atoms with E-state index in [9.17, 15) is 5.11 Å². The van der Waals surface area contributed by atoms with Crippen molar-refractivity contribution in [2.45, 2.75) is 25.8 Å². The molecule has 1 aliphatic heterocycles. The van der Waals surface area contributed by atoms with E-state index in [1.807, 2.05) is 24.3 Å². The summed E-state index contributed by atoms with van der Waals surface area (Å²) in [7, 11) is 0. The fraction of sp³-hybridized carbons (Fsp3) is 0.333. The zero-order chi connectivity index (χ0) is 17.8. The molecule has 1 aromatic heterocycles. The molecule has 2 aromatic carbocycles.